The molecule has 0 saturated carbocycles. The van der Waals surface area contributed by atoms with Crippen LogP contribution < -0.4 is 10.2 Å². The SMILES string of the molecule is CCSc1nnc(NC(=O)C2CCN(c3ccc(-c4ccccc4)nn3)CC2)s1. The number of rotatable bonds is 6. The van der Waals surface area contributed by atoms with Crippen LogP contribution in [0.5, 0.6) is 0 Å². The molecule has 7 nitrogen and oxygen atoms in total. The predicted octanol–water partition coefficient (Wildman–Crippen LogP) is 3.96. The number of thioether (sulfide) groups is 1. The van der Waals surface area contributed by atoms with Crippen molar-refractivity contribution in [3.8, 4) is 11.3 Å². The lowest BCUT2D eigenvalue weighted by Crippen LogP contribution is -2.38. The van der Waals surface area contributed by atoms with E-state index in [2.05, 4.69) is 37.5 Å². The van der Waals surface area contributed by atoms with Crippen LogP contribution in [0.3, 0.4) is 0 Å². The Hall–Kier alpha value is -2.52. The molecule has 1 aliphatic rings. The van der Waals surface area contributed by atoms with Crippen molar-refractivity contribution in [3.05, 3.63) is 42.5 Å². The first kappa shape index (κ1) is 19.8. The third kappa shape index (κ3) is 4.91. The number of nitrogens with one attached hydrogen (secondary N) is 1. The van der Waals surface area contributed by atoms with Crippen molar-refractivity contribution in [2.75, 3.05) is 29.1 Å². The van der Waals surface area contributed by atoms with Gasteiger partial charge in [-0.3, -0.25) is 4.79 Å². The molecular formula is C20H22N6OS2. The van der Waals surface area contributed by atoms with Gasteiger partial charge < -0.3 is 10.2 Å². The Labute approximate surface area is 178 Å². The predicted molar refractivity (Wildman–Crippen MR) is 117 cm³/mol. The van der Waals surface area contributed by atoms with Gasteiger partial charge in [-0.15, -0.1) is 20.4 Å². The third-order valence-electron chi connectivity index (χ3n) is 4.81. The standard InChI is InChI=1S/C20H22N6OS2/c1-2-28-20-25-24-19(29-20)21-18(27)15-10-12-26(13-11-15)17-9-8-16(22-23-17)14-6-4-3-5-7-14/h3-9,15H,2,10-13H2,1H3,(H,21,24,27). The smallest absolute Gasteiger partial charge is 0.229 e. The zero-order valence-electron chi connectivity index (χ0n) is 16.1. The lowest BCUT2D eigenvalue weighted by Gasteiger charge is -2.31. The fourth-order valence-corrected chi connectivity index (χ4v) is 4.93. The molecule has 1 amide bonds. The van der Waals surface area contributed by atoms with Gasteiger partial charge in [-0.25, -0.2) is 0 Å². The second-order valence-corrected chi connectivity index (χ2v) is 9.19. The molecule has 4 rings (SSSR count). The second kappa shape index (κ2) is 9.32. The molecule has 1 N–H and O–H groups in total. The largest absolute Gasteiger partial charge is 0.355 e. The molecule has 0 bridgehead atoms. The highest BCUT2D eigenvalue weighted by molar-refractivity contribution is 8.01. The number of carbonyl (C=O) groups excluding carboxylic acids is 1. The summed E-state index contributed by atoms with van der Waals surface area (Å²) in [5, 5.41) is 20.4. The molecule has 1 aromatic carbocycles. The van der Waals surface area contributed by atoms with Crippen molar-refractivity contribution in [1.82, 2.24) is 20.4 Å². The van der Waals surface area contributed by atoms with Gasteiger partial charge in [-0.2, -0.15) is 0 Å². The topological polar surface area (TPSA) is 83.9 Å². The van der Waals surface area contributed by atoms with Gasteiger partial charge >= 0.3 is 0 Å². The highest BCUT2D eigenvalue weighted by Crippen LogP contribution is 2.27. The van der Waals surface area contributed by atoms with E-state index in [1.165, 1.54) is 11.3 Å². The summed E-state index contributed by atoms with van der Waals surface area (Å²) < 4.78 is 0.884. The maximum atomic E-state index is 12.6. The minimum absolute atomic E-state index is 0.0195. The van der Waals surface area contributed by atoms with E-state index in [-0.39, 0.29) is 11.8 Å². The van der Waals surface area contributed by atoms with Crippen molar-refractivity contribution < 1.29 is 4.79 Å². The molecule has 29 heavy (non-hydrogen) atoms. The van der Waals surface area contributed by atoms with Crippen LogP contribution >= 0.6 is 23.1 Å². The summed E-state index contributed by atoms with van der Waals surface area (Å²) in [5.74, 6) is 1.80. The Morgan fingerprint density at radius 1 is 1.10 bits per heavy atom. The Bertz CT molecular complexity index is 939. The van der Waals surface area contributed by atoms with E-state index in [4.69, 9.17) is 0 Å². The summed E-state index contributed by atoms with van der Waals surface area (Å²) in [6, 6.07) is 14.0. The number of carbonyl (C=O) groups is 1. The van der Waals surface area contributed by atoms with Crippen LogP contribution in [-0.2, 0) is 4.79 Å². The van der Waals surface area contributed by atoms with Gasteiger partial charge in [0.1, 0.15) is 0 Å². The van der Waals surface area contributed by atoms with Crippen LogP contribution in [0, 0.1) is 5.92 Å². The highest BCUT2D eigenvalue weighted by atomic mass is 32.2. The fourth-order valence-electron chi connectivity index (χ4n) is 3.28. The van der Waals surface area contributed by atoms with E-state index < -0.39 is 0 Å². The monoisotopic (exact) mass is 426 g/mol. The quantitative estimate of drug-likeness (QED) is 0.472. The number of nitrogens with zero attached hydrogens (tertiary/aromatic N) is 5. The number of hydrogen-bond donors (Lipinski definition) is 1. The molecule has 1 aliphatic heterocycles. The Morgan fingerprint density at radius 3 is 2.59 bits per heavy atom. The van der Waals surface area contributed by atoms with Gasteiger partial charge in [-0.05, 0) is 30.7 Å². The number of aromatic nitrogens is 4. The molecule has 9 heteroatoms. The first-order valence-electron chi connectivity index (χ1n) is 9.64. The van der Waals surface area contributed by atoms with E-state index >= 15 is 0 Å². The van der Waals surface area contributed by atoms with E-state index in [0.717, 1.165) is 53.1 Å². The van der Waals surface area contributed by atoms with E-state index in [9.17, 15) is 4.79 Å². The van der Waals surface area contributed by atoms with Crippen molar-refractivity contribution in [3.63, 3.8) is 0 Å². The van der Waals surface area contributed by atoms with Crippen molar-refractivity contribution >= 4 is 40.0 Å². The average Bonchev–Trinajstić information content (AvgIpc) is 3.22. The van der Waals surface area contributed by atoms with Crippen molar-refractivity contribution in [2.24, 2.45) is 5.92 Å². The van der Waals surface area contributed by atoms with Gasteiger partial charge in [0.05, 0.1) is 5.69 Å². The van der Waals surface area contributed by atoms with Gasteiger partial charge in [-0.1, -0.05) is 60.4 Å². The van der Waals surface area contributed by atoms with Gasteiger partial charge in [0.15, 0.2) is 10.2 Å². The number of hydrogen-bond acceptors (Lipinski definition) is 8. The van der Waals surface area contributed by atoms with Crippen LogP contribution in [0.1, 0.15) is 19.8 Å². The van der Waals surface area contributed by atoms with E-state index in [0.29, 0.717) is 5.13 Å². The van der Waals surface area contributed by atoms with Crippen LogP contribution in [0.2, 0.25) is 0 Å². The van der Waals surface area contributed by atoms with E-state index in [1.54, 1.807) is 11.8 Å². The summed E-state index contributed by atoms with van der Waals surface area (Å²) in [6.45, 7) is 3.63. The number of benzene rings is 1. The summed E-state index contributed by atoms with van der Waals surface area (Å²) in [4.78, 5) is 14.7. The molecule has 1 fully saturated rings. The number of anilines is 2. The second-order valence-electron chi connectivity index (χ2n) is 6.70. The highest BCUT2D eigenvalue weighted by Gasteiger charge is 2.26. The van der Waals surface area contributed by atoms with Crippen LogP contribution in [0.25, 0.3) is 11.3 Å². The maximum Gasteiger partial charge on any atom is 0.229 e. The minimum atomic E-state index is -0.0195. The first-order valence-corrected chi connectivity index (χ1v) is 11.4. The maximum absolute atomic E-state index is 12.6. The minimum Gasteiger partial charge on any atom is -0.355 e. The van der Waals surface area contributed by atoms with E-state index in [1.807, 2.05) is 42.5 Å². The van der Waals surface area contributed by atoms with Crippen LogP contribution in [0.4, 0.5) is 10.9 Å². The zero-order valence-corrected chi connectivity index (χ0v) is 17.7. The Kier molecular flexibility index (Phi) is 6.36. The third-order valence-corrected chi connectivity index (χ3v) is 6.67. The summed E-state index contributed by atoms with van der Waals surface area (Å²) in [5.41, 5.74) is 1.92. The number of amides is 1. The Balaban J connectivity index is 1.31. The van der Waals surface area contributed by atoms with Crippen molar-refractivity contribution in [1.29, 1.82) is 0 Å². The van der Waals surface area contributed by atoms with Crippen LogP contribution in [0.15, 0.2) is 46.8 Å². The molecule has 0 atom stereocenters. The van der Waals surface area contributed by atoms with Gasteiger partial charge in [0.25, 0.3) is 0 Å². The zero-order chi connectivity index (χ0) is 20.1. The van der Waals surface area contributed by atoms with Crippen LogP contribution in [-0.4, -0.2) is 45.1 Å². The molecule has 0 aliphatic carbocycles. The average molecular weight is 427 g/mol. The lowest BCUT2D eigenvalue weighted by atomic mass is 9.96. The molecule has 150 valence electrons. The Morgan fingerprint density at radius 2 is 1.90 bits per heavy atom. The summed E-state index contributed by atoms with van der Waals surface area (Å²) in [7, 11) is 0. The number of piperidine rings is 1. The molecule has 3 aromatic rings. The summed E-state index contributed by atoms with van der Waals surface area (Å²) >= 11 is 3.06. The van der Waals surface area contributed by atoms with Gasteiger partial charge in [0, 0.05) is 24.6 Å². The molecule has 2 aromatic heterocycles. The molecule has 0 radical (unpaired) electrons. The molecular weight excluding hydrogens is 404 g/mol. The van der Waals surface area contributed by atoms with Crippen molar-refractivity contribution in [2.45, 2.75) is 24.1 Å². The fraction of sp³-hybridized carbons (Fsp3) is 0.350. The molecule has 3 heterocycles. The lowest BCUT2D eigenvalue weighted by molar-refractivity contribution is -0.120. The molecule has 1 saturated heterocycles. The molecule has 0 unspecified atom stereocenters. The normalized spacial score (nSPS) is 14.7. The summed E-state index contributed by atoms with van der Waals surface area (Å²) in [6.07, 6.45) is 1.56. The molecule has 0 spiro atoms. The van der Waals surface area contributed by atoms with Gasteiger partial charge in [0.2, 0.25) is 11.0 Å². The first-order chi connectivity index (χ1) is 14.2.